The van der Waals surface area contributed by atoms with Crippen LogP contribution in [0.3, 0.4) is 0 Å². The Morgan fingerprint density at radius 2 is 2.03 bits per heavy atom. The molecule has 1 amide bonds. The molecule has 4 aromatic heterocycles. The number of carbonyl (C=O) groups is 1. The molecule has 10 heteroatoms. The molecule has 1 aliphatic rings. The Balaban J connectivity index is 1.35. The summed E-state index contributed by atoms with van der Waals surface area (Å²) in [7, 11) is 0. The zero-order valence-electron chi connectivity index (χ0n) is 16.4. The van der Waals surface area contributed by atoms with E-state index in [0.29, 0.717) is 17.0 Å². The zero-order valence-corrected chi connectivity index (χ0v) is 16.4. The lowest BCUT2D eigenvalue weighted by molar-refractivity contribution is -0.167. The van der Waals surface area contributed by atoms with E-state index >= 15 is 0 Å². The van der Waals surface area contributed by atoms with Crippen molar-refractivity contribution >= 4 is 33.7 Å². The van der Waals surface area contributed by atoms with Gasteiger partial charge in [-0.25, -0.2) is 9.97 Å². The standard InChI is InChI=1S/C21H19F3N6O/c22-21(23,24)20(31)28-18-16-5-8-30(19(16)27-12-26-18)15-2-1-13(9-15)11-29-7-4-14-3-6-25-10-17(14)29/h3-8,10,12-13,15H,1-2,9,11H2,(H,26,27,28,31). The predicted octanol–water partition coefficient (Wildman–Crippen LogP) is 4.32. The van der Waals surface area contributed by atoms with Crippen LogP contribution in [0, 0.1) is 5.92 Å². The molecule has 4 heterocycles. The molecule has 2 unspecified atom stereocenters. The Hall–Kier alpha value is -3.43. The fraction of sp³-hybridized carbons (Fsp3) is 0.333. The molecule has 7 nitrogen and oxygen atoms in total. The average molecular weight is 428 g/mol. The minimum atomic E-state index is -4.98. The van der Waals surface area contributed by atoms with Gasteiger partial charge in [-0.15, -0.1) is 0 Å². The van der Waals surface area contributed by atoms with E-state index in [2.05, 4.69) is 31.8 Å². The molecular weight excluding hydrogens is 409 g/mol. The van der Waals surface area contributed by atoms with E-state index < -0.39 is 12.1 Å². The summed E-state index contributed by atoms with van der Waals surface area (Å²) in [5.74, 6) is -1.72. The molecule has 0 saturated heterocycles. The van der Waals surface area contributed by atoms with Crippen LogP contribution in [0.5, 0.6) is 0 Å². The molecule has 0 aliphatic heterocycles. The molecule has 0 radical (unpaired) electrons. The molecule has 5 rings (SSSR count). The number of amides is 1. The van der Waals surface area contributed by atoms with Gasteiger partial charge in [0, 0.05) is 36.6 Å². The quantitative estimate of drug-likeness (QED) is 0.525. The Bertz CT molecular complexity index is 1260. The second-order valence-electron chi connectivity index (χ2n) is 7.87. The fourth-order valence-corrected chi connectivity index (χ4v) is 4.48. The van der Waals surface area contributed by atoms with Gasteiger partial charge in [-0.2, -0.15) is 13.2 Å². The molecule has 1 saturated carbocycles. The van der Waals surface area contributed by atoms with Crippen LogP contribution in [-0.4, -0.2) is 36.2 Å². The highest BCUT2D eigenvalue weighted by Crippen LogP contribution is 2.38. The number of hydrogen-bond acceptors (Lipinski definition) is 4. The molecule has 4 aromatic rings. The summed E-state index contributed by atoms with van der Waals surface area (Å²) >= 11 is 0. The first-order chi connectivity index (χ1) is 14.9. The molecule has 2 atom stereocenters. The Morgan fingerprint density at radius 3 is 2.87 bits per heavy atom. The third kappa shape index (κ3) is 3.62. The lowest BCUT2D eigenvalue weighted by atomic mass is 10.1. The van der Waals surface area contributed by atoms with E-state index in [0.717, 1.165) is 36.7 Å². The number of aromatic nitrogens is 5. The highest BCUT2D eigenvalue weighted by Gasteiger charge is 2.39. The Kier molecular flexibility index (Phi) is 4.64. The number of halogens is 3. The van der Waals surface area contributed by atoms with Gasteiger partial charge in [-0.05, 0) is 43.4 Å². The number of alkyl halides is 3. The van der Waals surface area contributed by atoms with Crippen molar-refractivity contribution < 1.29 is 18.0 Å². The van der Waals surface area contributed by atoms with E-state index in [4.69, 9.17) is 0 Å². The number of pyridine rings is 1. The maximum atomic E-state index is 12.6. The Morgan fingerprint density at radius 1 is 1.16 bits per heavy atom. The van der Waals surface area contributed by atoms with Crippen LogP contribution in [0.4, 0.5) is 19.0 Å². The molecule has 0 bridgehead atoms. The SMILES string of the molecule is O=C(Nc1ncnc2c1ccn2C1CCC(Cn2ccc3ccncc32)C1)C(F)(F)F. The third-order valence-electron chi connectivity index (χ3n) is 5.94. The first-order valence-electron chi connectivity index (χ1n) is 9.99. The van der Waals surface area contributed by atoms with Crippen molar-refractivity contribution in [3.63, 3.8) is 0 Å². The molecule has 31 heavy (non-hydrogen) atoms. The highest BCUT2D eigenvalue weighted by molar-refractivity contribution is 6.00. The topological polar surface area (TPSA) is 77.6 Å². The van der Waals surface area contributed by atoms with Crippen LogP contribution in [-0.2, 0) is 11.3 Å². The summed E-state index contributed by atoms with van der Waals surface area (Å²) in [5, 5.41) is 3.40. The number of fused-ring (bicyclic) bond motifs is 2. The summed E-state index contributed by atoms with van der Waals surface area (Å²) in [5.41, 5.74) is 1.63. The smallest absolute Gasteiger partial charge is 0.346 e. The minimum absolute atomic E-state index is 0.132. The largest absolute Gasteiger partial charge is 0.471 e. The van der Waals surface area contributed by atoms with Gasteiger partial charge in [0.25, 0.3) is 0 Å². The van der Waals surface area contributed by atoms with E-state index in [9.17, 15) is 18.0 Å². The molecule has 0 spiro atoms. The van der Waals surface area contributed by atoms with Crippen molar-refractivity contribution in [1.29, 1.82) is 0 Å². The van der Waals surface area contributed by atoms with Crippen molar-refractivity contribution in [2.75, 3.05) is 5.32 Å². The van der Waals surface area contributed by atoms with Crippen molar-refractivity contribution in [2.24, 2.45) is 5.92 Å². The van der Waals surface area contributed by atoms with Gasteiger partial charge in [0.05, 0.1) is 17.1 Å². The molecule has 0 aromatic carbocycles. The summed E-state index contributed by atoms with van der Waals surface area (Å²) in [6, 6.07) is 5.91. The van der Waals surface area contributed by atoms with Gasteiger partial charge < -0.3 is 14.5 Å². The number of carbonyl (C=O) groups excluding carboxylic acids is 1. The van der Waals surface area contributed by atoms with Gasteiger partial charge in [0.15, 0.2) is 0 Å². The maximum absolute atomic E-state index is 12.6. The van der Waals surface area contributed by atoms with Gasteiger partial charge in [0.1, 0.15) is 17.8 Å². The number of nitrogens with zero attached hydrogens (tertiary/aromatic N) is 5. The van der Waals surface area contributed by atoms with Gasteiger partial charge in [0.2, 0.25) is 0 Å². The zero-order chi connectivity index (χ0) is 21.6. The fourth-order valence-electron chi connectivity index (χ4n) is 4.48. The number of anilines is 1. The van der Waals surface area contributed by atoms with E-state index in [1.54, 1.807) is 12.3 Å². The molecule has 1 aliphatic carbocycles. The van der Waals surface area contributed by atoms with Gasteiger partial charge in [-0.3, -0.25) is 9.78 Å². The van der Waals surface area contributed by atoms with E-state index in [1.807, 2.05) is 28.3 Å². The molecule has 1 fully saturated rings. The van der Waals surface area contributed by atoms with E-state index in [1.165, 1.54) is 6.33 Å². The second-order valence-corrected chi connectivity index (χ2v) is 7.87. The second kappa shape index (κ2) is 7.36. The summed E-state index contributed by atoms with van der Waals surface area (Å²) < 4.78 is 42.0. The maximum Gasteiger partial charge on any atom is 0.471 e. The number of hydrogen-bond donors (Lipinski definition) is 1. The van der Waals surface area contributed by atoms with Crippen LogP contribution in [0.25, 0.3) is 21.9 Å². The normalized spacial score (nSPS) is 19.3. The van der Waals surface area contributed by atoms with Gasteiger partial charge in [-0.1, -0.05) is 0 Å². The lowest BCUT2D eigenvalue weighted by Crippen LogP contribution is -2.30. The number of nitrogens with one attached hydrogen (secondary N) is 1. The lowest BCUT2D eigenvalue weighted by Gasteiger charge is -2.15. The van der Waals surface area contributed by atoms with Crippen LogP contribution in [0.15, 0.2) is 49.3 Å². The van der Waals surface area contributed by atoms with Crippen LogP contribution in [0.1, 0.15) is 25.3 Å². The summed E-state index contributed by atoms with van der Waals surface area (Å²) in [6.45, 7) is 0.882. The summed E-state index contributed by atoms with van der Waals surface area (Å²) in [6.07, 6.45) is 6.65. The third-order valence-corrected chi connectivity index (χ3v) is 5.94. The van der Waals surface area contributed by atoms with Crippen molar-refractivity contribution in [2.45, 2.75) is 38.0 Å². The van der Waals surface area contributed by atoms with Crippen molar-refractivity contribution in [3.05, 3.63) is 49.3 Å². The first-order valence-corrected chi connectivity index (χ1v) is 9.99. The van der Waals surface area contributed by atoms with Gasteiger partial charge >= 0.3 is 12.1 Å². The van der Waals surface area contributed by atoms with Crippen LogP contribution >= 0.6 is 0 Å². The van der Waals surface area contributed by atoms with Crippen LogP contribution in [0.2, 0.25) is 0 Å². The predicted molar refractivity (Wildman–Crippen MR) is 108 cm³/mol. The minimum Gasteiger partial charge on any atom is -0.346 e. The number of rotatable bonds is 4. The van der Waals surface area contributed by atoms with Crippen molar-refractivity contribution in [3.8, 4) is 0 Å². The van der Waals surface area contributed by atoms with Crippen LogP contribution < -0.4 is 5.32 Å². The molecular formula is C21H19F3N6O. The van der Waals surface area contributed by atoms with E-state index in [-0.39, 0.29) is 11.9 Å². The highest BCUT2D eigenvalue weighted by atomic mass is 19.4. The monoisotopic (exact) mass is 428 g/mol. The van der Waals surface area contributed by atoms with Crippen molar-refractivity contribution in [1.82, 2.24) is 24.1 Å². The first kappa shape index (κ1) is 19.5. The average Bonchev–Trinajstić information content (AvgIpc) is 3.46. The Labute approximate surface area is 174 Å². The molecule has 1 N–H and O–H groups in total. The molecule has 160 valence electrons. The summed E-state index contributed by atoms with van der Waals surface area (Å²) in [4.78, 5) is 23.6.